The zero-order valence-corrected chi connectivity index (χ0v) is 9.40. The first kappa shape index (κ1) is 10.5. The minimum atomic E-state index is 0.520. The third-order valence-corrected chi connectivity index (χ3v) is 2.30. The zero-order chi connectivity index (χ0) is 11.5. The Balaban J connectivity index is 2.27. The van der Waals surface area contributed by atoms with Gasteiger partial charge in [0.25, 0.3) is 0 Å². The molecular formula is C13H14N2O. The van der Waals surface area contributed by atoms with Gasteiger partial charge in [-0.2, -0.15) is 0 Å². The Kier molecular flexibility index (Phi) is 2.77. The molecule has 82 valence electrons. The summed E-state index contributed by atoms with van der Waals surface area (Å²) in [5.74, 6) is 1.33. The Morgan fingerprint density at radius 2 is 1.94 bits per heavy atom. The molecule has 0 fully saturated rings. The van der Waals surface area contributed by atoms with E-state index in [1.54, 1.807) is 18.3 Å². The maximum atomic E-state index is 5.65. The number of nitrogens with two attached hydrogens (primary N) is 1. The first-order chi connectivity index (χ1) is 7.65. The number of nitrogen functional groups attached to an aromatic ring is 1. The highest BCUT2D eigenvalue weighted by molar-refractivity contribution is 5.43. The van der Waals surface area contributed by atoms with Gasteiger partial charge in [0.1, 0.15) is 5.75 Å². The van der Waals surface area contributed by atoms with E-state index >= 15 is 0 Å². The fourth-order valence-corrected chi connectivity index (χ4v) is 1.51. The molecule has 0 atom stereocenters. The molecule has 3 heteroatoms. The van der Waals surface area contributed by atoms with Gasteiger partial charge in [-0.15, -0.1) is 0 Å². The topological polar surface area (TPSA) is 48.1 Å². The fourth-order valence-electron chi connectivity index (χ4n) is 1.51. The first-order valence-electron chi connectivity index (χ1n) is 5.12. The van der Waals surface area contributed by atoms with E-state index in [0.717, 1.165) is 11.3 Å². The lowest BCUT2D eigenvalue weighted by Gasteiger charge is -2.08. The van der Waals surface area contributed by atoms with Crippen molar-refractivity contribution >= 4 is 5.69 Å². The van der Waals surface area contributed by atoms with E-state index in [0.29, 0.717) is 11.6 Å². The Morgan fingerprint density at radius 1 is 1.12 bits per heavy atom. The predicted molar refractivity (Wildman–Crippen MR) is 64.6 cm³/mol. The third kappa shape index (κ3) is 2.31. The van der Waals surface area contributed by atoms with Crippen LogP contribution < -0.4 is 10.5 Å². The van der Waals surface area contributed by atoms with Gasteiger partial charge >= 0.3 is 0 Å². The second-order valence-corrected chi connectivity index (χ2v) is 3.80. The monoisotopic (exact) mass is 214 g/mol. The van der Waals surface area contributed by atoms with Crippen LogP contribution in [0.4, 0.5) is 5.69 Å². The molecule has 16 heavy (non-hydrogen) atoms. The van der Waals surface area contributed by atoms with Crippen molar-refractivity contribution in [2.75, 3.05) is 5.73 Å². The van der Waals surface area contributed by atoms with Gasteiger partial charge in [-0.1, -0.05) is 17.7 Å². The van der Waals surface area contributed by atoms with E-state index < -0.39 is 0 Å². The van der Waals surface area contributed by atoms with Crippen molar-refractivity contribution in [3.05, 3.63) is 47.7 Å². The molecule has 0 radical (unpaired) electrons. The molecule has 1 aromatic heterocycles. The van der Waals surface area contributed by atoms with E-state index in [4.69, 9.17) is 10.5 Å². The molecule has 1 aromatic carbocycles. The molecule has 0 aliphatic rings. The van der Waals surface area contributed by atoms with Crippen molar-refractivity contribution in [1.82, 2.24) is 4.98 Å². The summed E-state index contributed by atoms with van der Waals surface area (Å²) in [7, 11) is 0. The predicted octanol–water partition coefficient (Wildman–Crippen LogP) is 3.07. The molecule has 1 heterocycles. The number of aryl methyl sites for hydroxylation is 2. The van der Waals surface area contributed by atoms with Crippen LogP contribution in [0.25, 0.3) is 0 Å². The lowest BCUT2D eigenvalue weighted by molar-refractivity contribution is 0.460. The lowest BCUT2D eigenvalue weighted by atomic mass is 10.1. The van der Waals surface area contributed by atoms with Gasteiger partial charge in [-0.05, 0) is 31.5 Å². The van der Waals surface area contributed by atoms with Crippen LogP contribution in [-0.2, 0) is 0 Å². The summed E-state index contributed by atoms with van der Waals surface area (Å²) in [6, 6.07) is 9.46. The Labute approximate surface area is 94.9 Å². The van der Waals surface area contributed by atoms with E-state index in [1.165, 1.54) is 5.56 Å². The fraction of sp³-hybridized carbons (Fsp3) is 0.154. The Morgan fingerprint density at radius 3 is 2.62 bits per heavy atom. The standard InChI is InChI=1S/C13H14N2O/c1-9-3-4-12(10(2)7-9)16-13-8-11(14)5-6-15-13/h3-8H,1-2H3,(H2,14,15). The maximum Gasteiger partial charge on any atom is 0.221 e. The molecule has 0 aliphatic heterocycles. The second-order valence-electron chi connectivity index (χ2n) is 3.80. The molecule has 0 spiro atoms. The minimum Gasteiger partial charge on any atom is -0.439 e. The third-order valence-electron chi connectivity index (χ3n) is 2.30. The number of nitrogens with zero attached hydrogens (tertiary/aromatic N) is 1. The Bertz CT molecular complexity index is 509. The van der Waals surface area contributed by atoms with E-state index in [2.05, 4.69) is 18.0 Å². The molecule has 2 N–H and O–H groups in total. The van der Waals surface area contributed by atoms with Gasteiger partial charge in [-0.3, -0.25) is 0 Å². The molecule has 0 aliphatic carbocycles. The van der Waals surface area contributed by atoms with Gasteiger partial charge in [-0.25, -0.2) is 4.98 Å². The van der Waals surface area contributed by atoms with Gasteiger partial charge in [0.15, 0.2) is 0 Å². The van der Waals surface area contributed by atoms with Crippen LogP contribution in [0.3, 0.4) is 0 Å². The maximum absolute atomic E-state index is 5.65. The van der Waals surface area contributed by atoms with Crippen LogP contribution in [0.15, 0.2) is 36.5 Å². The molecule has 3 nitrogen and oxygen atoms in total. The van der Waals surface area contributed by atoms with Crippen molar-refractivity contribution in [1.29, 1.82) is 0 Å². The summed E-state index contributed by atoms with van der Waals surface area (Å²) in [6.45, 7) is 4.06. The highest BCUT2D eigenvalue weighted by Gasteiger charge is 2.02. The Hall–Kier alpha value is -2.03. The summed E-state index contributed by atoms with van der Waals surface area (Å²) < 4.78 is 5.65. The molecule has 0 saturated heterocycles. The van der Waals surface area contributed by atoms with Crippen LogP contribution in [0, 0.1) is 13.8 Å². The van der Waals surface area contributed by atoms with Crippen LogP contribution in [0.1, 0.15) is 11.1 Å². The van der Waals surface area contributed by atoms with Crippen LogP contribution in [0.5, 0.6) is 11.6 Å². The number of hydrogen-bond donors (Lipinski definition) is 1. The average molecular weight is 214 g/mol. The largest absolute Gasteiger partial charge is 0.439 e. The summed E-state index contributed by atoms with van der Waals surface area (Å²) in [4.78, 5) is 4.10. The van der Waals surface area contributed by atoms with E-state index in [-0.39, 0.29) is 0 Å². The first-order valence-corrected chi connectivity index (χ1v) is 5.12. The van der Waals surface area contributed by atoms with Crippen molar-refractivity contribution in [2.45, 2.75) is 13.8 Å². The summed E-state index contributed by atoms with van der Waals surface area (Å²) in [5, 5.41) is 0. The van der Waals surface area contributed by atoms with Gasteiger partial charge in [0, 0.05) is 18.0 Å². The normalized spacial score (nSPS) is 10.1. The quantitative estimate of drug-likeness (QED) is 0.835. The van der Waals surface area contributed by atoms with Crippen molar-refractivity contribution in [3.8, 4) is 11.6 Å². The summed E-state index contributed by atoms with van der Waals surface area (Å²) in [5.41, 5.74) is 8.60. The van der Waals surface area contributed by atoms with Crippen molar-refractivity contribution < 1.29 is 4.74 Å². The number of anilines is 1. The number of rotatable bonds is 2. The zero-order valence-electron chi connectivity index (χ0n) is 9.40. The highest BCUT2D eigenvalue weighted by Crippen LogP contribution is 2.24. The van der Waals surface area contributed by atoms with Crippen LogP contribution in [-0.4, -0.2) is 4.98 Å². The van der Waals surface area contributed by atoms with Crippen LogP contribution >= 0.6 is 0 Å². The lowest BCUT2D eigenvalue weighted by Crippen LogP contribution is -1.92. The molecule has 0 amide bonds. The van der Waals surface area contributed by atoms with Crippen LogP contribution in [0.2, 0.25) is 0 Å². The number of pyridine rings is 1. The number of benzene rings is 1. The van der Waals surface area contributed by atoms with Crippen molar-refractivity contribution in [2.24, 2.45) is 0 Å². The van der Waals surface area contributed by atoms with Gasteiger partial charge < -0.3 is 10.5 Å². The molecule has 0 bridgehead atoms. The number of ether oxygens (including phenoxy) is 1. The highest BCUT2D eigenvalue weighted by atomic mass is 16.5. The van der Waals surface area contributed by atoms with Crippen molar-refractivity contribution in [3.63, 3.8) is 0 Å². The molecule has 0 saturated carbocycles. The average Bonchev–Trinajstić information content (AvgIpc) is 2.22. The molecular weight excluding hydrogens is 200 g/mol. The van der Waals surface area contributed by atoms with E-state index in [9.17, 15) is 0 Å². The minimum absolute atomic E-state index is 0.520. The SMILES string of the molecule is Cc1ccc(Oc2cc(N)ccn2)c(C)c1. The van der Waals surface area contributed by atoms with Gasteiger partial charge in [0.2, 0.25) is 5.88 Å². The number of hydrogen-bond acceptors (Lipinski definition) is 3. The van der Waals surface area contributed by atoms with E-state index in [1.807, 2.05) is 19.1 Å². The second kappa shape index (κ2) is 4.23. The van der Waals surface area contributed by atoms with Gasteiger partial charge in [0.05, 0.1) is 0 Å². The number of aromatic nitrogens is 1. The summed E-state index contributed by atoms with van der Waals surface area (Å²) >= 11 is 0. The summed E-state index contributed by atoms with van der Waals surface area (Å²) in [6.07, 6.45) is 1.63. The molecule has 0 unspecified atom stereocenters. The smallest absolute Gasteiger partial charge is 0.221 e. The molecule has 2 aromatic rings. The molecule has 2 rings (SSSR count).